The van der Waals surface area contributed by atoms with Crippen molar-refractivity contribution in [1.82, 2.24) is 4.90 Å². The normalized spacial score (nSPS) is 16.1. The molecule has 0 aromatic heterocycles. The van der Waals surface area contributed by atoms with Gasteiger partial charge in [0.25, 0.3) is 0 Å². The number of hydrogen-bond donors (Lipinski definition) is 2. The monoisotopic (exact) mass is 290 g/mol. The zero-order valence-corrected chi connectivity index (χ0v) is 12.5. The maximum Gasteiger partial charge on any atom is 0.313 e. The zero-order chi connectivity index (χ0) is 15.4. The summed E-state index contributed by atoms with van der Waals surface area (Å²) in [6, 6.07) is 7.52. The smallest absolute Gasteiger partial charge is 0.313 e. The van der Waals surface area contributed by atoms with Crippen LogP contribution in [0.2, 0.25) is 0 Å². The molecule has 0 saturated carbocycles. The molecule has 0 spiro atoms. The van der Waals surface area contributed by atoms with Gasteiger partial charge in [-0.1, -0.05) is 26.0 Å². The highest BCUT2D eigenvalue weighted by Gasteiger charge is 2.26. The minimum atomic E-state index is -0.618. The lowest BCUT2D eigenvalue weighted by Gasteiger charge is -2.28. The van der Waals surface area contributed by atoms with Gasteiger partial charge in [-0.25, -0.2) is 0 Å². The Labute approximate surface area is 125 Å². The van der Waals surface area contributed by atoms with Crippen LogP contribution in [0.1, 0.15) is 38.2 Å². The van der Waals surface area contributed by atoms with Gasteiger partial charge in [0.15, 0.2) is 0 Å². The van der Waals surface area contributed by atoms with Crippen LogP contribution in [0, 0.1) is 0 Å². The van der Waals surface area contributed by atoms with E-state index in [2.05, 4.69) is 19.2 Å². The van der Waals surface area contributed by atoms with Gasteiger partial charge >= 0.3 is 11.8 Å². The van der Waals surface area contributed by atoms with Gasteiger partial charge in [0.2, 0.25) is 0 Å². The van der Waals surface area contributed by atoms with Crippen LogP contribution in [-0.2, 0) is 9.59 Å². The van der Waals surface area contributed by atoms with Crippen molar-refractivity contribution in [3.8, 4) is 0 Å². The third kappa shape index (κ3) is 4.04. The molecule has 0 unspecified atom stereocenters. The molecule has 0 radical (unpaired) electrons. The Balaban J connectivity index is 1.97. The predicted molar refractivity (Wildman–Crippen MR) is 81.0 cm³/mol. The highest BCUT2D eigenvalue weighted by Crippen LogP contribution is 2.18. The number of benzene rings is 1. The highest BCUT2D eigenvalue weighted by molar-refractivity contribution is 6.39. The van der Waals surface area contributed by atoms with Gasteiger partial charge in [0.1, 0.15) is 0 Å². The van der Waals surface area contributed by atoms with Crippen molar-refractivity contribution in [3.05, 3.63) is 29.8 Å². The topological polar surface area (TPSA) is 69.6 Å². The second-order valence-electron chi connectivity index (χ2n) is 5.76. The van der Waals surface area contributed by atoms with Gasteiger partial charge in [0.05, 0.1) is 6.10 Å². The first kappa shape index (κ1) is 15.5. The second-order valence-corrected chi connectivity index (χ2v) is 5.76. The van der Waals surface area contributed by atoms with E-state index in [0.29, 0.717) is 37.5 Å². The molecule has 1 saturated heterocycles. The maximum atomic E-state index is 12.1. The van der Waals surface area contributed by atoms with Crippen LogP contribution in [0.4, 0.5) is 5.69 Å². The molecule has 21 heavy (non-hydrogen) atoms. The van der Waals surface area contributed by atoms with Crippen LogP contribution in [0.5, 0.6) is 0 Å². The van der Waals surface area contributed by atoms with E-state index < -0.39 is 11.8 Å². The predicted octanol–water partition coefficient (Wildman–Crippen LogP) is 1.73. The number of aliphatic hydroxyl groups is 1. The number of hydrogen-bond acceptors (Lipinski definition) is 3. The molecule has 1 heterocycles. The number of amides is 2. The molecule has 2 amide bonds. The first-order valence-electron chi connectivity index (χ1n) is 7.35. The lowest BCUT2D eigenvalue weighted by Crippen LogP contribution is -2.45. The average molecular weight is 290 g/mol. The Kier molecular flexibility index (Phi) is 4.96. The van der Waals surface area contributed by atoms with E-state index in [0.717, 1.165) is 5.56 Å². The molecule has 5 nitrogen and oxygen atoms in total. The van der Waals surface area contributed by atoms with Crippen molar-refractivity contribution >= 4 is 17.5 Å². The van der Waals surface area contributed by atoms with Gasteiger partial charge in [-0.15, -0.1) is 0 Å². The number of rotatable bonds is 2. The molecule has 2 rings (SSSR count). The fourth-order valence-electron chi connectivity index (χ4n) is 2.37. The molecule has 114 valence electrons. The lowest BCUT2D eigenvalue weighted by molar-refractivity contribution is -0.144. The minimum absolute atomic E-state index is 0.361. The fourth-order valence-corrected chi connectivity index (χ4v) is 2.37. The molecule has 2 N–H and O–H groups in total. The first-order chi connectivity index (χ1) is 9.97. The number of carbonyl (C=O) groups excluding carboxylic acids is 2. The third-order valence-corrected chi connectivity index (χ3v) is 3.76. The standard InChI is InChI=1S/C16H22N2O3/c1-11(2)12-4-3-5-13(10-12)17-15(20)16(21)18-8-6-14(19)7-9-18/h3-5,10-11,14,19H,6-9H2,1-2H3,(H,17,20). The molecule has 1 aliphatic rings. The summed E-state index contributed by atoms with van der Waals surface area (Å²) < 4.78 is 0. The van der Waals surface area contributed by atoms with Crippen LogP contribution in [0.3, 0.4) is 0 Å². The van der Waals surface area contributed by atoms with Gasteiger partial charge in [-0.3, -0.25) is 9.59 Å². The Morgan fingerprint density at radius 3 is 2.57 bits per heavy atom. The lowest BCUT2D eigenvalue weighted by atomic mass is 10.0. The minimum Gasteiger partial charge on any atom is -0.393 e. The summed E-state index contributed by atoms with van der Waals surface area (Å²) in [4.78, 5) is 25.6. The fraction of sp³-hybridized carbons (Fsp3) is 0.500. The summed E-state index contributed by atoms with van der Waals surface area (Å²) in [5.74, 6) is -0.787. The molecule has 1 aliphatic heterocycles. The van der Waals surface area contributed by atoms with E-state index in [1.54, 1.807) is 6.07 Å². The van der Waals surface area contributed by atoms with Gasteiger partial charge in [-0.2, -0.15) is 0 Å². The van der Waals surface area contributed by atoms with Crippen LogP contribution in [-0.4, -0.2) is 41.0 Å². The number of likely N-dealkylation sites (tertiary alicyclic amines) is 1. The molecule has 0 atom stereocenters. The summed E-state index contributed by atoms with van der Waals surface area (Å²) in [5, 5.41) is 12.1. The number of carbonyl (C=O) groups is 2. The Morgan fingerprint density at radius 2 is 1.95 bits per heavy atom. The molecule has 0 aliphatic carbocycles. The maximum absolute atomic E-state index is 12.1. The summed E-state index contributed by atoms with van der Waals surface area (Å²) in [6.07, 6.45) is 0.698. The van der Waals surface area contributed by atoms with Gasteiger partial charge < -0.3 is 15.3 Å². The number of piperidine rings is 1. The van der Waals surface area contributed by atoms with E-state index >= 15 is 0 Å². The van der Waals surface area contributed by atoms with Crippen LogP contribution < -0.4 is 5.32 Å². The summed E-state index contributed by atoms with van der Waals surface area (Å²) in [5.41, 5.74) is 1.75. The first-order valence-corrected chi connectivity index (χ1v) is 7.35. The molecule has 1 aromatic rings. The second kappa shape index (κ2) is 6.72. The highest BCUT2D eigenvalue weighted by atomic mass is 16.3. The third-order valence-electron chi connectivity index (χ3n) is 3.76. The van der Waals surface area contributed by atoms with E-state index in [4.69, 9.17) is 0 Å². The molecular formula is C16H22N2O3. The molecule has 1 fully saturated rings. The SMILES string of the molecule is CC(C)c1cccc(NC(=O)C(=O)N2CCC(O)CC2)c1. The molecule has 0 bridgehead atoms. The number of nitrogens with one attached hydrogen (secondary N) is 1. The Bertz CT molecular complexity index is 520. The number of aliphatic hydroxyl groups excluding tert-OH is 1. The average Bonchev–Trinajstić information content (AvgIpc) is 2.47. The van der Waals surface area contributed by atoms with E-state index in [-0.39, 0.29) is 6.10 Å². The van der Waals surface area contributed by atoms with Crippen molar-refractivity contribution < 1.29 is 14.7 Å². The molecule has 5 heteroatoms. The van der Waals surface area contributed by atoms with Crippen LogP contribution in [0.25, 0.3) is 0 Å². The van der Waals surface area contributed by atoms with Crippen molar-refractivity contribution in [2.45, 2.75) is 38.7 Å². The largest absolute Gasteiger partial charge is 0.393 e. The summed E-state index contributed by atoms with van der Waals surface area (Å²) in [7, 11) is 0. The number of nitrogens with zero attached hydrogens (tertiary/aromatic N) is 1. The number of anilines is 1. The van der Waals surface area contributed by atoms with Crippen LogP contribution in [0.15, 0.2) is 24.3 Å². The zero-order valence-electron chi connectivity index (χ0n) is 12.5. The Hall–Kier alpha value is -1.88. The quantitative estimate of drug-likeness (QED) is 0.815. The van der Waals surface area contributed by atoms with E-state index in [1.165, 1.54) is 4.90 Å². The van der Waals surface area contributed by atoms with Crippen LogP contribution >= 0.6 is 0 Å². The Morgan fingerprint density at radius 1 is 1.29 bits per heavy atom. The molecular weight excluding hydrogens is 268 g/mol. The van der Waals surface area contributed by atoms with Gasteiger partial charge in [-0.05, 0) is 36.5 Å². The van der Waals surface area contributed by atoms with Crippen molar-refractivity contribution in [3.63, 3.8) is 0 Å². The summed E-state index contributed by atoms with van der Waals surface area (Å²) >= 11 is 0. The van der Waals surface area contributed by atoms with E-state index in [1.807, 2.05) is 18.2 Å². The van der Waals surface area contributed by atoms with Crippen molar-refractivity contribution in [1.29, 1.82) is 0 Å². The molecule has 1 aromatic carbocycles. The van der Waals surface area contributed by atoms with Crippen molar-refractivity contribution in [2.75, 3.05) is 18.4 Å². The summed E-state index contributed by atoms with van der Waals surface area (Å²) in [6.45, 7) is 5.01. The van der Waals surface area contributed by atoms with E-state index in [9.17, 15) is 14.7 Å². The van der Waals surface area contributed by atoms with Gasteiger partial charge in [0, 0.05) is 18.8 Å². The van der Waals surface area contributed by atoms with Crippen molar-refractivity contribution in [2.24, 2.45) is 0 Å².